The first-order chi connectivity index (χ1) is 10.7. The number of nitrogens with zero attached hydrogens (tertiary/aromatic N) is 5. The Kier molecular flexibility index (Phi) is 4.53. The van der Waals surface area contributed by atoms with Gasteiger partial charge < -0.3 is 9.84 Å². The fourth-order valence-electron chi connectivity index (χ4n) is 2.56. The molecule has 0 aromatic rings. The highest BCUT2D eigenvalue weighted by Gasteiger charge is 2.59. The number of azide groups is 1. The van der Waals surface area contributed by atoms with E-state index in [1.54, 1.807) is 0 Å². The van der Waals surface area contributed by atoms with Crippen molar-refractivity contribution >= 4 is 21.8 Å². The van der Waals surface area contributed by atoms with Gasteiger partial charge in [-0.05, 0) is 25.0 Å². The van der Waals surface area contributed by atoms with Crippen LogP contribution in [0.5, 0.6) is 0 Å². The Morgan fingerprint density at radius 1 is 1.48 bits per heavy atom. The van der Waals surface area contributed by atoms with Gasteiger partial charge in [-0.15, -0.1) is 5.53 Å². The average Bonchev–Trinajstić information content (AvgIpc) is 2.95. The Bertz CT molecular complexity index is 674. The molecular formula is C11H17N5O6S. The van der Waals surface area contributed by atoms with E-state index >= 15 is 0 Å². The summed E-state index contributed by atoms with van der Waals surface area (Å²) >= 11 is 0. The van der Waals surface area contributed by atoms with Crippen LogP contribution < -0.4 is 0 Å². The third-order valence-electron chi connectivity index (χ3n) is 4.13. The van der Waals surface area contributed by atoms with Gasteiger partial charge in [0.15, 0.2) is 14.6 Å². The number of carbonyl (C=O) groups is 2. The highest BCUT2D eigenvalue weighted by atomic mass is 32.2. The number of hydrogen-bond acceptors (Lipinski definition) is 7. The molecule has 0 aromatic carbocycles. The largest absolute Gasteiger partial charge is 0.424 e. The topological polar surface area (TPSA) is 153 Å². The van der Waals surface area contributed by atoms with Gasteiger partial charge in [0.1, 0.15) is 6.23 Å². The Labute approximate surface area is 132 Å². The molecule has 2 heterocycles. The summed E-state index contributed by atoms with van der Waals surface area (Å²) in [4.78, 5) is 28.1. The molecule has 2 aliphatic rings. The second kappa shape index (κ2) is 5.96. The lowest BCUT2D eigenvalue weighted by Crippen LogP contribution is -2.67. The minimum Gasteiger partial charge on any atom is -0.394 e. The molecule has 0 saturated carbocycles. The molecule has 128 valence electrons. The fraction of sp³-hybridized carbons (Fsp3) is 0.818. The molecule has 3 amide bonds. The molecular weight excluding hydrogens is 330 g/mol. The smallest absolute Gasteiger partial charge is 0.394 e. The zero-order valence-electron chi connectivity index (χ0n) is 12.6. The summed E-state index contributed by atoms with van der Waals surface area (Å²) in [5.74, 6) is -1.10. The van der Waals surface area contributed by atoms with Gasteiger partial charge in [-0.25, -0.2) is 18.0 Å². The van der Waals surface area contributed by atoms with Crippen LogP contribution in [0.4, 0.5) is 4.79 Å². The minimum absolute atomic E-state index is 0.209. The summed E-state index contributed by atoms with van der Waals surface area (Å²) in [6, 6.07) is -0.947. The van der Waals surface area contributed by atoms with E-state index in [0.717, 1.165) is 11.2 Å². The van der Waals surface area contributed by atoms with E-state index in [9.17, 15) is 18.0 Å². The van der Waals surface area contributed by atoms with Crippen molar-refractivity contribution < 1.29 is 27.9 Å². The van der Waals surface area contributed by atoms with Crippen LogP contribution in [0.25, 0.3) is 10.4 Å². The predicted octanol–water partition coefficient (Wildman–Crippen LogP) is -0.223. The van der Waals surface area contributed by atoms with Gasteiger partial charge in [0, 0.05) is 6.26 Å². The van der Waals surface area contributed by atoms with Crippen molar-refractivity contribution in [3.05, 3.63) is 10.4 Å². The Morgan fingerprint density at radius 2 is 2.13 bits per heavy atom. The molecule has 0 radical (unpaired) electrons. The number of hydrogen-bond donors (Lipinski definition) is 1. The number of ether oxygens (including phenoxy) is 1. The first kappa shape index (κ1) is 17.5. The van der Waals surface area contributed by atoms with Crippen molar-refractivity contribution in [3.8, 4) is 0 Å². The molecule has 2 fully saturated rings. The zero-order valence-corrected chi connectivity index (χ0v) is 13.4. The van der Waals surface area contributed by atoms with Crippen molar-refractivity contribution in [2.75, 3.05) is 19.4 Å². The number of rotatable bonds is 4. The number of imide groups is 1. The zero-order chi connectivity index (χ0) is 17.4. The molecule has 3 atom stereocenters. The maximum atomic E-state index is 12.4. The van der Waals surface area contributed by atoms with E-state index < -0.39 is 45.4 Å². The molecule has 0 bridgehead atoms. The van der Waals surface area contributed by atoms with Gasteiger partial charge in [0.05, 0.1) is 19.3 Å². The number of aliphatic hydroxyl groups is 1. The number of carbonyl (C=O) groups excluding carboxylic acids is 2. The van der Waals surface area contributed by atoms with Gasteiger partial charge in [-0.3, -0.25) is 4.90 Å². The summed E-state index contributed by atoms with van der Waals surface area (Å²) in [7, 11) is -3.90. The van der Waals surface area contributed by atoms with Crippen LogP contribution in [0.1, 0.15) is 19.8 Å². The molecule has 2 saturated heterocycles. The van der Waals surface area contributed by atoms with E-state index in [0.29, 0.717) is 12.8 Å². The SMILES string of the molecule is CC1(S(C)(=O)=O)CN([C@H]2CC[C@@H](CO)O2)C(=O)N(N=[N+]=[N-])C1=O. The summed E-state index contributed by atoms with van der Waals surface area (Å²) in [6.07, 6.45) is 0.456. The number of urea groups is 1. The van der Waals surface area contributed by atoms with E-state index in [1.165, 1.54) is 6.92 Å². The van der Waals surface area contributed by atoms with Crippen LogP contribution in [0, 0.1) is 0 Å². The third kappa shape index (κ3) is 2.85. The molecule has 23 heavy (non-hydrogen) atoms. The highest BCUT2D eigenvalue weighted by Crippen LogP contribution is 2.32. The van der Waals surface area contributed by atoms with Gasteiger partial charge >= 0.3 is 11.9 Å². The maximum absolute atomic E-state index is 12.4. The molecule has 2 rings (SSSR count). The third-order valence-corrected chi connectivity index (χ3v) is 6.07. The lowest BCUT2D eigenvalue weighted by molar-refractivity contribution is -0.138. The summed E-state index contributed by atoms with van der Waals surface area (Å²) in [6.45, 7) is 0.521. The minimum atomic E-state index is -3.90. The quantitative estimate of drug-likeness (QED) is 0.421. The van der Waals surface area contributed by atoms with Gasteiger partial charge in [-0.2, -0.15) is 4.91 Å². The summed E-state index contributed by atoms with van der Waals surface area (Å²) < 4.78 is 27.6. The van der Waals surface area contributed by atoms with Crippen LogP contribution in [0.2, 0.25) is 0 Å². The van der Waals surface area contributed by atoms with Crippen LogP contribution >= 0.6 is 0 Å². The lowest BCUT2D eigenvalue weighted by atomic mass is 10.1. The molecule has 1 unspecified atom stereocenters. The second-order valence-electron chi connectivity index (χ2n) is 5.68. The second-order valence-corrected chi connectivity index (χ2v) is 8.13. The molecule has 12 heteroatoms. The van der Waals surface area contributed by atoms with Crippen molar-refractivity contribution in [2.24, 2.45) is 5.22 Å². The first-order valence-corrected chi connectivity index (χ1v) is 8.71. The number of aliphatic hydroxyl groups excluding tert-OH is 1. The number of sulfone groups is 1. The standard InChI is InChI=1S/C11H17N5O6S/c1-11(23(2,20)21)6-15(8-4-3-7(5-17)22-8)10(19)16(9(11)18)14-13-12/h7-8,17H,3-6H2,1-2H3/t7-,8+,11?/m0/s1. The average molecular weight is 347 g/mol. The summed E-state index contributed by atoms with van der Waals surface area (Å²) in [5.41, 5.74) is 8.54. The van der Waals surface area contributed by atoms with Gasteiger partial charge in [0.2, 0.25) is 0 Å². The van der Waals surface area contributed by atoms with Crippen LogP contribution in [-0.2, 0) is 19.4 Å². The Morgan fingerprint density at radius 3 is 2.61 bits per heavy atom. The van der Waals surface area contributed by atoms with E-state index in [-0.39, 0.29) is 11.6 Å². The van der Waals surface area contributed by atoms with Gasteiger partial charge in [-0.1, -0.05) is 5.01 Å². The van der Waals surface area contributed by atoms with E-state index in [2.05, 4.69) is 10.1 Å². The van der Waals surface area contributed by atoms with Gasteiger partial charge in [0.25, 0.3) is 0 Å². The molecule has 2 aliphatic heterocycles. The lowest BCUT2D eigenvalue weighted by Gasteiger charge is -2.40. The maximum Gasteiger partial charge on any atom is 0.424 e. The normalized spacial score (nSPS) is 32.1. The molecule has 0 spiro atoms. The van der Waals surface area contributed by atoms with Crippen molar-refractivity contribution in [3.63, 3.8) is 0 Å². The molecule has 11 nitrogen and oxygen atoms in total. The van der Waals surface area contributed by atoms with Crippen LogP contribution in [-0.4, -0.2) is 71.9 Å². The van der Waals surface area contributed by atoms with Crippen LogP contribution in [0.15, 0.2) is 5.22 Å². The van der Waals surface area contributed by atoms with Crippen molar-refractivity contribution in [1.29, 1.82) is 0 Å². The Balaban J connectivity index is 2.42. The van der Waals surface area contributed by atoms with E-state index in [4.69, 9.17) is 15.4 Å². The highest BCUT2D eigenvalue weighted by molar-refractivity contribution is 7.92. The number of amides is 3. The Hall–Kier alpha value is -1.88. The monoisotopic (exact) mass is 347 g/mol. The first-order valence-electron chi connectivity index (χ1n) is 6.82. The van der Waals surface area contributed by atoms with E-state index in [1.807, 2.05) is 0 Å². The van der Waals surface area contributed by atoms with Crippen molar-refractivity contribution in [1.82, 2.24) is 9.91 Å². The fourth-order valence-corrected chi connectivity index (χ4v) is 3.34. The molecule has 0 aliphatic carbocycles. The molecule has 0 aromatic heterocycles. The van der Waals surface area contributed by atoms with Crippen LogP contribution in [0.3, 0.4) is 0 Å². The predicted molar refractivity (Wildman–Crippen MR) is 76.3 cm³/mol. The summed E-state index contributed by atoms with van der Waals surface area (Å²) in [5, 5.41) is 12.3. The van der Waals surface area contributed by atoms with Crippen molar-refractivity contribution in [2.45, 2.75) is 36.8 Å². The molecule has 1 N–H and O–H groups in total.